The standard InChI is InChI=1S/C13H18N2O4/c1-3-19-12(16)8-9-14-13(17)15-10-4-6-11(18-2)7-5-10/h4-7H,3,8-9H2,1-2H3,(H2,14,15,17). The Kier molecular flexibility index (Phi) is 6.21. The van der Waals surface area contributed by atoms with Gasteiger partial charge in [0.1, 0.15) is 5.75 Å². The second-order valence-corrected chi connectivity index (χ2v) is 3.66. The molecule has 19 heavy (non-hydrogen) atoms. The first kappa shape index (κ1) is 14.8. The van der Waals surface area contributed by atoms with Gasteiger partial charge in [0.25, 0.3) is 0 Å². The minimum absolute atomic E-state index is 0.157. The molecule has 0 radical (unpaired) electrons. The fourth-order valence-corrected chi connectivity index (χ4v) is 1.36. The third-order valence-corrected chi connectivity index (χ3v) is 2.27. The van der Waals surface area contributed by atoms with Crippen LogP contribution in [0.15, 0.2) is 24.3 Å². The minimum atomic E-state index is -0.366. The predicted octanol–water partition coefficient (Wildman–Crippen LogP) is 1.77. The Hall–Kier alpha value is -2.24. The number of ether oxygens (including phenoxy) is 2. The van der Waals surface area contributed by atoms with Gasteiger partial charge in [-0.05, 0) is 31.2 Å². The smallest absolute Gasteiger partial charge is 0.319 e. The molecule has 0 bridgehead atoms. The molecule has 0 unspecified atom stereocenters. The van der Waals surface area contributed by atoms with Gasteiger partial charge in [-0.3, -0.25) is 4.79 Å². The van der Waals surface area contributed by atoms with Crippen LogP contribution in [0.3, 0.4) is 0 Å². The molecule has 0 aliphatic heterocycles. The second-order valence-electron chi connectivity index (χ2n) is 3.66. The first-order valence-corrected chi connectivity index (χ1v) is 6.00. The maximum absolute atomic E-state index is 11.5. The van der Waals surface area contributed by atoms with Gasteiger partial charge < -0.3 is 20.1 Å². The lowest BCUT2D eigenvalue weighted by atomic mass is 10.3. The highest BCUT2D eigenvalue weighted by Crippen LogP contribution is 2.14. The molecule has 6 nitrogen and oxygen atoms in total. The normalized spacial score (nSPS) is 9.58. The van der Waals surface area contributed by atoms with Crippen LogP contribution in [0.1, 0.15) is 13.3 Å². The number of amides is 2. The molecule has 0 aliphatic carbocycles. The van der Waals surface area contributed by atoms with Crippen molar-refractivity contribution in [1.82, 2.24) is 5.32 Å². The van der Waals surface area contributed by atoms with Gasteiger partial charge in [0.05, 0.1) is 20.1 Å². The van der Waals surface area contributed by atoms with Gasteiger partial charge in [0, 0.05) is 12.2 Å². The molecule has 0 fully saturated rings. The average Bonchev–Trinajstić information content (AvgIpc) is 2.40. The Balaban J connectivity index is 2.28. The van der Waals surface area contributed by atoms with Gasteiger partial charge in [-0.1, -0.05) is 0 Å². The molecule has 0 heterocycles. The number of rotatable bonds is 6. The van der Waals surface area contributed by atoms with E-state index in [2.05, 4.69) is 10.6 Å². The lowest BCUT2D eigenvalue weighted by Gasteiger charge is -2.08. The van der Waals surface area contributed by atoms with Crippen LogP contribution in [0.5, 0.6) is 5.75 Å². The van der Waals surface area contributed by atoms with Gasteiger partial charge in [-0.15, -0.1) is 0 Å². The van der Waals surface area contributed by atoms with E-state index in [0.29, 0.717) is 18.0 Å². The molecular weight excluding hydrogens is 248 g/mol. The van der Waals surface area contributed by atoms with Gasteiger partial charge in [0.15, 0.2) is 0 Å². The summed E-state index contributed by atoms with van der Waals surface area (Å²) in [4.78, 5) is 22.5. The first-order chi connectivity index (χ1) is 9.15. The average molecular weight is 266 g/mol. The summed E-state index contributed by atoms with van der Waals surface area (Å²) in [7, 11) is 1.57. The molecule has 104 valence electrons. The van der Waals surface area contributed by atoms with Crippen molar-refractivity contribution >= 4 is 17.7 Å². The summed E-state index contributed by atoms with van der Waals surface area (Å²) in [5.74, 6) is 0.389. The number of nitrogens with one attached hydrogen (secondary N) is 2. The van der Waals surface area contributed by atoms with Crippen molar-refractivity contribution in [2.75, 3.05) is 25.6 Å². The Labute approximate surface area is 112 Å². The number of anilines is 1. The Morgan fingerprint density at radius 3 is 2.47 bits per heavy atom. The van der Waals surface area contributed by atoms with Crippen LogP contribution in [-0.4, -0.2) is 32.3 Å². The van der Waals surface area contributed by atoms with Crippen LogP contribution in [0, 0.1) is 0 Å². The van der Waals surface area contributed by atoms with Crippen LogP contribution in [0.4, 0.5) is 10.5 Å². The van der Waals surface area contributed by atoms with E-state index >= 15 is 0 Å². The third kappa shape index (κ3) is 5.76. The van der Waals surface area contributed by atoms with Crippen LogP contribution in [0.25, 0.3) is 0 Å². The summed E-state index contributed by atoms with van der Waals surface area (Å²) in [5.41, 5.74) is 0.648. The highest BCUT2D eigenvalue weighted by molar-refractivity contribution is 5.89. The summed E-state index contributed by atoms with van der Waals surface area (Å²) in [5, 5.41) is 5.21. The number of carbonyl (C=O) groups is 2. The molecule has 6 heteroatoms. The maximum Gasteiger partial charge on any atom is 0.319 e. The maximum atomic E-state index is 11.5. The SMILES string of the molecule is CCOC(=O)CCNC(=O)Nc1ccc(OC)cc1. The summed E-state index contributed by atoms with van der Waals surface area (Å²) in [6.45, 7) is 2.32. The number of methoxy groups -OCH3 is 1. The zero-order valence-corrected chi connectivity index (χ0v) is 11.1. The zero-order valence-electron chi connectivity index (χ0n) is 11.1. The molecule has 0 atom stereocenters. The molecule has 1 aromatic carbocycles. The molecule has 0 spiro atoms. The predicted molar refractivity (Wildman–Crippen MR) is 71.3 cm³/mol. The van der Waals surface area contributed by atoms with E-state index in [9.17, 15) is 9.59 Å². The largest absolute Gasteiger partial charge is 0.497 e. The topological polar surface area (TPSA) is 76.7 Å². The van der Waals surface area contributed by atoms with Crippen LogP contribution >= 0.6 is 0 Å². The van der Waals surface area contributed by atoms with E-state index in [1.165, 1.54) is 0 Å². The molecular formula is C13H18N2O4. The van der Waals surface area contributed by atoms with Crippen molar-refractivity contribution in [3.8, 4) is 5.75 Å². The monoisotopic (exact) mass is 266 g/mol. The lowest BCUT2D eigenvalue weighted by Crippen LogP contribution is -2.30. The summed E-state index contributed by atoms with van der Waals surface area (Å²) < 4.78 is 9.75. The quantitative estimate of drug-likeness (QED) is 0.769. The number of benzene rings is 1. The van der Waals surface area contributed by atoms with E-state index in [-0.39, 0.29) is 25.0 Å². The van der Waals surface area contributed by atoms with Crippen molar-refractivity contribution in [3.05, 3.63) is 24.3 Å². The van der Waals surface area contributed by atoms with Crippen LogP contribution in [0.2, 0.25) is 0 Å². The number of esters is 1. The van der Waals surface area contributed by atoms with E-state index < -0.39 is 0 Å². The molecule has 1 rings (SSSR count). The van der Waals surface area contributed by atoms with Crippen molar-refractivity contribution < 1.29 is 19.1 Å². The lowest BCUT2D eigenvalue weighted by molar-refractivity contribution is -0.142. The summed E-state index contributed by atoms with van der Waals surface area (Å²) >= 11 is 0. The first-order valence-electron chi connectivity index (χ1n) is 6.00. The van der Waals surface area contributed by atoms with E-state index in [1.807, 2.05) is 0 Å². The fraction of sp³-hybridized carbons (Fsp3) is 0.385. The van der Waals surface area contributed by atoms with E-state index in [4.69, 9.17) is 9.47 Å². The highest BCUT2D eigenvalue weighted by atomic mass is 16.5. The zero-order chi connectivity index (χ0) is 14.1. The Bertz CT molecular complexity index is 417. The van der Waals surface area contributed by atoms with E-state index in [0.717, 1.165) is 0 Å². The van der Waals surface area contributed by atoms with Crippen LogP contribution in [-0.2, 0) is 9.53 Å². The number of urea groups is 1. The Morgan fingerprint density at radius 2 is 1.89 bits per heavy atom. The van der Waals surface area contributed by atoms with Gasteiger partial charge >= 0.3 is 12.0 Å². The van der Waals surface area contributed by atoms with Gasteiger partial charge in [-0.2, -0.15) is 0 Å². The molecule has 1 aromatic rings. The second kappa shape index (κ2) is 7.97. The van der Waals surface area contributed by atoms with Crippen molar-refractivity contribution in [1.29, 1.82) is 0 Å². The van der Waals surface area contributed by atoms with Crippen molar-refractivity contribution in [2.24, 2.45) is 0 Å². The summed E-state index contributed by atoms with van der Waals surface area (Å²) in [6.07, 6.45) is 0.157. The van der Waals surface area contributed by atoms with Crippen molar-refractivity contribution in [2.45, 2.75) is 13.3 Å². The van der Waals surface area contributed by atoms with Crippen LogP contribution < -0.4 is 15.4 Å². The number of hydrogen-bond acceptors (Lipinski definition) is 4. The fourth-order valence-electron chi connectivity index (χ4n) is 1.36. The minimum Gasteiger partial charge on any atom is -0.497 e. The molecule has 2 N–H and O–H groups in total. The number of carbonyl (C=O) groups excluding carboxylic acids is 2. The van der Waals surface area contributed by atoms with Gasteiger partial charge in [-0.25, -0.2) is 4.79 Å². The van der Waals surface area contributed by atoms with Gasteiger partial charge in [0.2, 0.25) is 0 Å². The molecule has 0 saturated heterocycles. The molecule has 0 aliphatic rings. The molecule has 0 aromatic heterocycles. The van der Waals surface area contributed by atoms with E-state index in [1.54, 1.807) is 38.3 Å². The molecule has 2 amide bonds. The molecule has 0 saturated carbocycles. The van der Waals surface area contributed by atoms with Crippen molar-refractivity contribution in [3.63, 3.8) is 0 Å². The number of hydrogen-bond donors (Lipinski definition) is 2. The summed E-state index contributed by atoms with van der Waals surface area (Å²) in [6, 6.07) is 6.57. The third-order valence-electron chi connectivity index (χ3n) is 2.27. The highest BCUT2D eigenvalue weighted by Gasteiger charge is 2.04. The Morgan fingerprint density at radius 1 is 1.21 bits per heavy atom.